The molecular formula is C26H34FN3O5S. The number of carbonyl (C=O) groups is 2. The molecule has 1 aromatic heterocycles. The zero-order chi connectivity index (χ0) is 26.0. The monoisotopic (exact) mass is 519 g/mol. The third-order valence-corrected chi connectivity index (χ3v) is 8.18. The van der Waals surface area contributed by atoms with Gasteiger partial charge in [-0.1, -0.05) is 30.7 Å². The number of nitrogens with one attached hydrogen (secondary N) is 1. The van der Waals surface area contributed by atoms with Crippen molar-refractivity contribution in [3.63, 3.8) is 0 Å². The Bertz CT molecular complexity index is 1150. The second-order valence-electron chi connectivity index (χ2n) is 10.3. The minimum absolute atomic E-state index is 0.0870. The average molecular weight is 520 g/mol. The van der Waals surface area contributed by atoms with Crippen molar-refractivity contribution in [1.82, 2.24) is 14.8 Å². The Balaban J connectivity index is 1.52. The highest BCUT2D eigenvalue weighted by molar-refractivity contribution is 8.01. The van der Waals surface area contributed by atoms with Crippen LogP contribution < -0.4 is 10.4 Å². The molecule has 1 saturated carbocycles. The molecule has 0 amide bonds. The topological polar surface area (TPSA) is 103 Å². The molecular weight excluding hydrogens is 485 g/mol. The Kier molecular flexibility index (Phi) is 7.92. The summed E-state index contributed by atoms with van der Waals surface area (Å²) in [5.74, 6) is -0.957. The van der Waals surface area contributed by atoms with Crippen molar-refractivity contribution in [1.29, 1.82) is 0 Å². The molecule has 2 atom stereocenters. The zero-order valence-electron chi connectivity index (χ0n) is 21.2. The summed E-state index contributed by atoms with van der Waals surface area (Å²) in [6.45, 7) is 7.34. The number of aryl methyl sites for hydroxylation is 1. The van der Waals surface area contributed by atoms with Crippen molar-refractivity contribution in [2.24, 2.45) is 5.92 Å². The molecule has 1 aliphatic heterocycles. The van der Waals surface area contributed by atoms with E-state index in [2.05, 4.69) is 10.2 Å². The van der Waals surface area contributed by atoms with Gasteiger partial charge in [-0.3, -0.25) is 14.2 Å². The van der Waals surface area contributed by atoms with E-state index in [4.69, 9.17) is 9.47 Å². The molecule has 1 aliphatic carbocycles. The van der Waals surface area contributed by atoms with Gasteiger partial charge in [0.05, 0.1) is 6.10 Å². The van der Waals surface area contributed by atoms with Crippen LogP contribution in [0.25, 0.3) is 0 Å². The second kappa shape index (κ2) is 10.8. The maximum absolute atomic E-state index is 14.5. The molecule has 2 aromatic rings. The summed E-state index contributed by atoms with van der Waals surface area (Å²) < 4.78 is 27.6. The molecule has 2 unspecified atom stereocenters. The van der Waals surface area contributed by atoms with Gasteiger partial charge in [-0.15, -0.1) is 5.10 Å². The third kappa shape index (κ3) is 5.53. The number of thioether (sulfide) groups is 1. The van der Waals surface area contributed by atoms with E-state index >= 15 is 0 Å². The quantitative estimate of drug-likeness (QED) is 0.381. The summed E-state index contributed by atoms with van der Waals surface area (Å²) in [7, 11) is 0. The standard InChI is InChI=1S/C26H34FN3O5S/c1-15(2)30-24(33)28-29-25(30)36-22-20(31)14-26(35-23(22)32,18-7-5-6-8-18)12-11-17-9-10-21(19(27)13-17)34-16(3)4/h9-10,13,15-16,18,22H,5-8,11-12,14H2,1-4H3,(H,28,33). The highest BCUT2D eigenvalue weighted by atomic mass is 32.2. The fourth-order valence-electron chi connectivity index (χ4n) is 5.29. The van der Waals surface area contributed by atoms with Crippen LogP contribution in [0.4, 0.5) is 4.39 Å². The summed E-state index contributed by atoms with van der Waals surface area (Å²) in [6.07, 6.45) is 4.72. The van der Waals surface area contributed by atoms with Gasteiger partial charge >= 0.3 is 11.7 Å². The molecule has 2 heterocycles. The van der Waals surface area contributed by atoms with E-state index in [1.54, 1.807) is 6.07 Å². The van der Waals surface area contributed by atoms with Gasteiger partial charge in [0.1, 0.15) is 5.60 Å². The first-order valence-corrected chi connectivity index (χ1v) is 13.5. The van der Waals surface area contributed by atoms with Gasteiger partial charge in [0.15, 0.2) is 27.8 Å². The summed E-state index contributed by atoms with van der Waals surface area (Å²) in [5, 5.41) is 5.61. The van der Waals surface area contributed by atoms with Crippen molar-refractivity contribution in [2.45, 2.75) is 101 Å². The largest absolute Gasteiger partial charge is 0.488 e. The molecule has 1 aromatic carbocycles. The Labute approximate surface area is 214 Å². The summed E-state index contributed by atoms with van der Waals surface area (Å²) >= 11 is 0.956. The minimum Gasteiger partial charge on any atom is -0.488 e. The Morgan fingerprint density at radius 2 is 1.94 bits per heavy atom. The van der Waals surface area contributed by atoms with E-state index in [0.29, 0.717) is 12.8 Å². The van der Waals surface area contributed by atoms with Gasteiger partial charge in [0.2, 0.25) is 0 Å². The van der Waals surface area contributed by atoms with Crippen LogP contribution in [-0.2, 0) is 20.7 Å². The van der Waals surface area contributed by atoms with E-state index in [0.717, 1.165) is 43.0 Å². The van der Waals surface area contributed by atoms with Crippen LogP contribution in [0.1, 0.15) is 77.8 Å². The summed E-state index contributed by atoms with van der Waals surface area (Å²) in [4.78, 5) is 38.7. The Morgan fingerprint density at radius 3 is 2.56 bits per heavy atom. The third-order valence-electron chi connectivity index (χ3n) is 6.99. The fourth-order valence-corrected chi connectivity index (χ4v) is 6.36. The van der Waals surface area contributed by atoms with Crippen LogP contribution in [0.2, 0.25) is 0 Å². The number of halogens is 1. The first-order chi connectivity index (χ1) is 17.1. The number of benzene rings is 1. The van der Waals surface area contributed by atoms with Gasteiger partial charge in [0.25, 0.3) is 0 Å². The number of ether oxygens (including phenoxy) is 2. The lowest BCUT2D eigenvalue weighted by atomic mass is 9.76. The number of hydrogen-bond acceptors (Lipinski definition) is 7. The van der Waals surface area contributed by atoms with Crippen LogP contribution >= 0.6 is 11.8 Å². The number of aromatic nitrogens is 3. The highest BCUT2D eigenvalue weighted by Gasteiger charge is 2.52. The van der Waals surface area contributed by atoms with Gasteiger partial charge in [-0.25, -0.2) is 14.3 Å². The van der Waals surface area contributed by atoms with Gasteiger partial charge in [-0.2, -0.15) is 0 Å². The van der Waals surface area contributed by atoms with E-state index in [1.165, 1.54) is 10.6 Å². The SMILES string of the molecule is CC(C)Oc1ccc(CCC2(C3CCCC3)CC(=O)C(Sc3n[nH]c(=O)n3C(C)C)C(=O)O2)cc1F. The lowest BCUT2D eigenvalue weighted by Crippen LogP contribution is -2.53. The molecule has 2 fully saturated rings. The van der Waals surface area contributed by atoms with Crippen molar-refractivity contribution in [3.05, 3.63) is 40.1 Å². The van der Waals surface area contributed by atoms with Gasteiger partial charge < -0.3 is 9.47 Å². The molecule has 8 nitrogen and oxygen atoms in total. The summed E-state index contributed by atoms with van der Waals surface area (Å²) in [5.41, 5.74) is -0.533. The Hall–Kier alpha value is -2.62. The lowest BCUT2D eigenvalue weighted by Gasteiger charge is -2.42. The number of hydrogen-bond donors (Lipinski definition) is 1. The fraction of sp³-hybridized carbons (Fsp3) is 0.615. The predicted molar refractivity (Wildman–Crippen MR) is 134 cm³/mol. The van der Waals surface area contributed by atoms with Crippen LogP contribution in [-0.4, -0.2) is 43.5 Å². The van der Waals surface area contributed by atoms with E-state index in [1.807, 2.05) is 33.8 Å². The first-order valence-electron chi connectivity index (χ1n) is 12.6. The number of cyclic esters (lactones) is 1. The number of nitrogens with zero attached hydrogens (tertiary/aromatic N) is 2. The summed E-state index contributed by atoms with van der Waals surface area (Å²) in [6, 6.07) is 4.71. The van der Waals surface area contributed by atoms with E-state index in [-0.39, 0.29) is 46.9 Å². The van der Waals surface area contributed by atoms with E-state index in [9.17, 15) is 18.8 Å². The first kappa shape index (κ1) is 26.4. The zero-order valence-corrected chi connectivity index (χ0v) is 22.0. The maximum atomic E-state index is 14.5. The molecule has 0 radical (unpaired) electrons. The molecule has 196 valence electrons. The van der Waals surface area contributed by atoms with Gasteiger partial charge in [0, 0.05) is 12.5 Å². The number of rotatable bonds is 9. The molecule has 0 bridgehead atoms. The number of carbonyl (C=O) groups excluding carboxylic acids is 2. The average Bonchev–Trinajstić information content (AvgIpc) is 3.47. The molecule has 0 spiro atoms. The molecule has 36 heavy (non-hydrogen) atoms. The lowest BCUT2D eigenvalue weighted by molar-refractivity contribution is -0.177. The minimum atomic E-state index is -1.07. The van der Waals surface area contributed by atoms with E-state index < -0.39 is 22.6 Å². The van der Waals surface area contributed by atoms with Crippen LogP contribution in [0.5, 0.6) is 5.75 Å². The smallest absolute Gasteiger partial charge is 0.344 e. The predicted octanol–water partition coefficient (Wildman–Crippen LogP) is 4.62. The maximum Gasteiger partial charge on any atom is 0.344 e. The van der Waals surface area contributed by atoms with Crippen molar-refractivity contribution >= 4 is 23.5 Å². The van der Waals surface area contributed by atoms with Crippen molar-refractivity contribution < 1.29 is 23.5 Å². The normalized spacial score (nSPS) is 23.0. The molecule has 10 heteroatoms. The number of aromatic amines is 1. The number of H-pyrrole nitrogens is 1. The second-order valence-corrected chi connectivity index (χ2v) is 11.4. The van der Waals surface area contributed by atoms with Crippen LogP contribution in [0, 0.1) is 11.7 Å². The number of ketones is 1. The highest BCUT2D eigenvalue weighted by Crippen LogP contribution is 2.45. The van der Waals surface area contributed by atoms with Crippen LogP contribution in [0.15, 0.2) is 28.2 Å². The van der Waals surface area contributed by atoms with Crippen molar-refractivity contribution in [3.8, 4) is 5.75 Å². The number of Topliss-reactive ketones (excluding diaryl/α,β-unsaturated/α-hetero) is 1. The van der Waals surface area contributed by atoms with Crippen molar-refractivity contribution in [2.75, 3.05) is 0 Å². The Morgan fingerprint density at radius 1 is 1.22 bits per heavy atom. The molecule has 4 rings (SSSR count). The number of esters is 1. The van der Waals surface area contributed by atoms with Gasteiger partial charge in [-0.05, 0) is 77.0 Å². The molecule has 1 N–H and O–H groups in total. The molecule has 1 saturated heterocycles. The van der Waals surface area contributed by atoms with Crippen LogP contribution in [0.3, 0.4) is 0 Å². The molecule has 2 aliphatic rings.